The molecule has 0 aromatic heterocycles. The van der Waals surface area contributed by atoms with Crippen LogP contribution >= 0.6 is 0 Å². The number of nitriles is 1. The maximum Gasteiger partial charge on any atom is 0.342 e. The van der Waals surface area contributed by atoms with Gasteiger partial charge in [0.2, 0.25) is 0 Å². The number of esters is 1. The second kappa shape index (κ2) is 4.38. The maximum atomic E-state index is 13.2. The van der Waals surface area contributed by atoms with Gasteiger partial charge in [-0.05, 0) is 19.1 Å². The zero-order valence-electron chi connectivity index (χ0n) is 7.58. The molecule has 1 aromatic rings. The number of nitrogens with zero attached hydrogens (tertiary/aromatic N) is 1. The molecule has 4 heteroatoms. The summed E-state index contributed by atoms with van der Waals surface area (Å²) in [5.41, 5.74) is -0.305. The molecule has 0 unspecified atom stereocenters. The molecule has 0 aliphatic heterocycles. The van der Waals surface area contributed by atoms with Crippen molar-refractivity contribution in [2.24, 2.45) is 0 Å². The van der Waals surface area contributed by atoms with Gasteiger partial charge in [-0.3, -0.25) is 0 Å². The Kier molecular flexibility index (Phi) is 3.19. The van der Waals surface area contributed by atoms with Gasteiger partial charge in [-0.15, -0.1) is 0 Å². The van der Waals surface area contributed by atoms with Gasteiger partial charge in [-0.25, -0.2) is 9.18 Å². The smallest absolute Gasteiger partial charge is 0.342 e. The van der Waals surface area contributed by atoms with Crippen molar-refractivity contribution in [1.82, 2.24) is 0 Å². The molecule has 0 saturated carbocycles. The molecule has 0 spiro atoms. The van der Waals surface area contributed by atoms with Crippen LogP contribution in [0.5, 0.6) is 0 Å². The zero-order chi connectivity index (χ0) is 10.6. The first-order valence-corrected chi connectivity index (χ1v) is 4.06. The van der Waals surface area contributed by atoms with Crippen LogP contribution in [0.2, 0.25) is 0 Å². The van der Waals surface area contributed by atoms with E-state index in [1.165, 1.54) is 12.1 Å². The minimum Gasteiger partial charge on any atom is -0.462 e. The second-order valence-corrected chi connectivity index (χ2v) is 2.49. The normalized spacial score (nSPS) is 9.21. The Labute approximate surface area is 80.7 Å². The summed E-state index contributed by atoms with van der Waals surface area (Å²) in [5, 5.41) is 8.64. The number of carbonyl (C=O) groups is 1. The van der Waals surface area contributed by atoms with Crippen molar-refractivity contribution in [1.29, 1.82) is 5.26 Å². The summed E-state index contributed by atoms with van der Waals surface area (Å²) in [6, 6.07) is 5.60. The standard InChI is InChI=1S/C10H8FNO2/c1-2-14-10(13)9-7(6-12)4-3-5-8(9)11/h3-5H,2H2,1H3. The van der Waals surface area contributed by atoms with Gasteiger partial charge in [0.05, 0.1) is 12.2 Å². The summed E-state index contributed by atoms with van der Waals surface area (Å²) in [6.45, 7) is 1.77. The van der Waals surface area contributed by atoms with E-state index in [4.69, 9.17) is 5.26 Å². The summed E-state index contributed by atoms with van der Waals surface area (Å²) >= 11 is 0. The fourth-order valence-electron chi connectivity index (χ4n) is 1.03. The summed E-state index contributed by atoms with van der Waals surface area (Å²) < 4.78 is 17.8. The van der Waals surface area contributed by atoms with E-state index in [-0.39, 0.29) is 17.7 Å². The Hall–Kier alpha value is -1.89. The fourth-order valence-corrected chi connectivity index (χ4v) is 1.03. The molecule has 0 radical (unpaired) electrons. The van der Waals surface area contributed by atoms with Crippen molar-refractivity contribution in [3.63, 3.8) is 0 Å². The maximum absolute atomic E-state index is 13.2. The summed E-state index contributed by atoms with van der Waals surface area (Å²) in [6.07, 6.45) is 0. The van der Waals surface area contributed by atoms with E-state index in [0.29, 0.717) is 0 Å². The highest BCUT2D eigenvalue weighted by atomic mass is 19.1. The van der Waals surface area contributed by atoms with E-state index in [1.54, 1.807) is 13.0 Å². The molecule has 1 rings (SSSR count). The molecule has 0 aliphatic rings. The predicted molar refractivity (Wildman–Crippen MR) is 47.1 cm³/mol. The third kappa shape index (κ3) is 1.88. The second-order valence-electron chi connectivity index (χ2n) is 2.49. The Morgan fingerprint density at radius 2 is 2.36 bits per heavy atom. The van der Waals surface area contributed by atoms with Gasteiger partial charge >= 0.3 is 5.97 Å². The van der Waals surface area contributed by atoms with Gasteiger partial charge in [0, 0.05) is 0 Å². The number of benzene rings is 1. The predicted octanol–water partition coefficient (Wildman–Crippen LogP) is 1.87. The summed E-state index contributed by atoms with van der Waals surface area (Å²) in [4.78, 5) is 11.2. The molecule has 3 nitrogen and oxygen atoms in total. The van der Waals surface area contributed by atoms with Gasteiger partial charge in [0.15, 0.2) is 0 Å². The highest BCUT2D eigenvalue weighted by Crippen LogP contribution is 2.13. The minimum absolute atomic E-state index is 0.0107. The number of hydrogen-bond donors (Lipinski definition) is 0. The SMILES string of the molecule is CCOC(=O)c1c(F)cccc1C#N. The molecule has 0 bridgehead atoms. The molecule has 72 valence electrons. The molecule has 0 fully saturated rings. The van der Waals surface area contributed by atoms with Crippen LogP contribution in [0, 0.1) is 17.1 Å². The number of ether oxygens (including phenoxy) is 1. The molecule has 0 amide bonds. The lowest BCUT2D eigenvalue weighted by Crippen LogP contribution is -2.09. The number of hydrogen-bond acceptors (Lipinski definition) is 3. The number of carbonyl (C=O) groups excluding carboxylic acids is 1. The van der Waals surface area contributed by atoms with E-state index in [9.17, 15) is 9.18 Å². The summed E-state index contributed by atoms with van der Waals surface area (Å²) in [5.74, 6) is -1.54. The third-order valence-corrected chi connectivity index (χ3v) is 1.61. The lowest BCUT2D eigenvalue weighted by molar-refractivity contribution is 0.0520. The van der Waals surface area contributed by atoms with Crippen molar-refractivity contribution in [3.05, 3.63) is 35.1 Å². The van der Waals surface area contributed by atoms with Gasteiger partial charge in [0.25, 0.3) is 0 Å². The van der Waals surface area contributed by atoms with E-state index in [1.807, 2.05) is 0 Å². The first kappa shape index (κ1) is 10.2. The van der Waals surface area contributed by atoms with Crippen LogP contribution in [-0.2, 0) is 4.74 Å². The highest BCUT2D eigenvalue weighted by Gasteiger charge is 2.17. The summed E-state index contributed by atoms with van der Waals surface area (Å²) in [7, 11) is 0. The topological polar surface area (TPSA) is 50.1 Å². The molecule has 0 saturated heterocycles. The van der Waals surface area contributed by atoms with Crippen molar-refractivity contribution in [3.8, 4) is 6.07 Å². The van der Waals surface area contributed by atoms with Crippen molar-refractivity contribution < 1.29 is 13.9 Å². The fraction of sp³-hybridized carbons (Fsp3) is 0.200. The van der Waals surface area contributed by atoms with Gasteiger partial charge in [0.1, 0.15) is 17.4 Å². The average molecular weight is 193 g/mol. The van der Waals surface area contributed by atoms with Gasteiger partial charge < -0.3 is 4.74 Å². The Bertz CT molecular complexity index is 396. The quantitative estimate of drug-likeness (QED) is 0.673. The van der Waals surface area contributed by atoms with Crippen LogP contribution in [0.1, 0.15) is 22.8 Å². The lowest BCUT2D eigenvalue weighted by atomic mass is 10.1. The van der Waals surface area contributed by atoms with Crippen LogP contribution in [0.4, 0.5) is 4.39 Å². The Morgan fingerprint density at radius 1 is 1.64 bits per heavy atom. The van der Waals surface area contributed by atoms with Crippen LogP contribution in [0.3, 0.4) is 0 Å². The number of rotatable bonds is 2. The van der Waals surface area contributed by atoms with Crippen LogP contribution in [0.15, 0.2) is 18.2 Å². The first-order valence-electron chi connectivity index (χ1n) is 4.06. The molecule has 14 heavy (non-hydrogen) atoms. The highest BCUT2D eigenvalue weighted by molar-refractivity contribution is 5.92. The van der Waals surface area contributed by atoms with Crippen LogP contribution in [0.25, 0.3) is 0 Å². The van der Waals surface area contributed by atoms with Crippen LogP contribution in [-0.4, -0.2) is 12.6 Å². The Balaban J connectivity index is 3.18. The zero-order valence-corrected chi connectivity index (χ0v) is 7.58. The van der Waals surface area contributed by atoms with E-state index < -0.39 is 11.8 Å². The Morgan fingerprint density at radius 3 is 2.93 bits per heavy atom. The molecular formula is C10H8FNO2. The average Bonchev–Trinajstić information content (AvgIpc) is 2.17. The third-order valence-electron chi connectivity index (χ3n) is 1.61. The molecule has 0 atom stereocenters. The van der Waals surface area contributed by atoms with E-state index in [2.05, 4.69) is 4.74 Å². The molecule has 1 aromatic carbocycles. The monoisotopic (exact) mass is 193 g/mol. The molecular weight excluding hydrogens is 185 g/mol. The van der Waals surface area contributed by atoms with Crippen molar-refractivity contribution >= 4 is 5.97 Å². The lowest BCUT2D eigenvalue weighted by Gasteiger charge is -2.03. The minimum atomic E-state index is -0.804. The largest absolute Gasteiger partial charge is 0.462 e. The number of halogens is 1. The molecule has 0 heterocycles. The molecule has 0 N–H and O–H groups in total. The molecule has 0 aliphatic carbocycles. The van der Waals surface area contributed by atoms with Gasteiger partial charge in [-0.1, -0.05) is 6.07 Å². The van der Waals surface area contributed by atoms with E-state index in [0.717, 1.165) is 6.07 Å². The van der Waals surface area contributed by atoms with Crippen molar-refractivity contribution in [2.75, 3.05) is 6.61 Å². The van der Waals surface area contributed by atoms with Crippen molar-refractivity contribution in [2.45, 2.75) is 6.92 Å². The first-order chi connectivity index (χ1) is 6.70. The van der Waals surface area contributed by atoms with E-state index >= 15 is 0 Å². The van der Waals surface area contributed by atoms with Crippen LogP contribution < -0.4 is 0 Å². The van der Waals surface area contributed by atoms with Gasteiger partial charge in [-0.2, -0.15) is 5.26 Å².